The van der Waals surface area contributed by atoms with Crippen molar-refractivity contribution < 1.29 is 14.7 Å². The number of aliphatic carboxylic acids is 1. The average Bonchev–Trinajstić information content (AvgIpc) is 2.48. The lowest BCUT2D eigenvalue weighted by Gasteiger charge is -2.18. The molecule has 0 fully saturated rings. The highest BCUT2D eigenvalue weighted by Crippen LogP contribution is 2.26. The quantitative estimate of drug-likeness (QED) is 0.744. The Balaban J connectivity index is 2.49. The van der Waals surface area contributed by atoms with Crippen LogP contribution in [0.4, 0.5) is 5.69 Å². The van der Waals surface area contributed by atoms with Crippen molar-refractivity contribution in [3.05, 3.63) is 63.6 Å². The molecule has 0 aromatic heterocycles. The van der Waals surface area contributed by atoms with Gasteiger partial charge in [-0.15, -0.1) is 0 Å². The molecule has 4 nitrogen and oxygen atoms in total. The number of rotatable bonds is 6. The number of carboxylic acid groups (broad SMARTS) is 1. The van der Waals surface area contributed by atoms with E-state index in [1.165, 1.54) is 0 Å². The molecule has 23 heavy (non-hydrogen) atoms. The van der Waals surface area contributed by atoms with Crippen LogP contribution in [0.15, 0.2) is 46.9 Å². The van der Waals surface area contributed by atoms with Crippen LogP contribution in [-0.4, -0.2) is 22.9 Å². The van der Waals surface area contributed by atoms with E-state index >= 15 is 0 Å². The zero-order valence-electron chi connectivity index (χ0n) is 13.0. The Morgan fingerprint density at radius 3 is 2.35 bits per heavy atom. The van der Waals surface area contributed by atoms with Crippen LogP contribution in [0.5, 0.6) is 0 Å². The van der Waals surface area contributed by atoms with Crippen LogP contribution in [0, 0.1) is 0 Å². The first kappa shape index (κ1) is 17.2. The summed E-state index contributed by atoms with van der Waals surface area (Å²) in [5.41, 5.74) is 2.25. The summed E-state index contributed by atoms with van der Waals surface area (Å²) in [4.78, 5) is 23.9. The van der Waals surface area contributed by atoms with E-state index in [9.17, 15) is 9.59 Å². The van der Waals surface area contributed by atoms with E-state index in [0.717, 1.165) is 4.47 Å². The Kier molecular flexibility index (Phi) is 5.55. The molecule has 0 unspecified atom stereocenters. The lowest BCUT2D eigenvalue weighted by molar-refractivity contribution is -0.136. The van der Waals surface area contributed by atoms with Gasteiger partial charge in [0, 0.05) is 27.3 Å². The van der Waals surface area contributed by atoms with E-state index in [-0.39, 0.29) is 18.2 Å². The molecule has 2 rings (SSSR count). The average molecular weight is 376 g/mol. The van der Waals surface area contributed by atoms with E-state index in [2.05, 4.69) is 21.2 Å². The SMILES string of the molecule is CC(C)Nc1c(CC(=O)O)cccc1C(=O)c1ccc(Br)cc1. The molecule has 0 saturated heterocycles. The molecular formula is C18H18BrNO3. The lowest BCUT2D eigenvalue weighted by atomic mass is 9.97. The number of halogens is 1. The third kappa shape index (κ3) is 4.42. The summed E-state index contributed by atoms with van der Waals surface area (Å²) in [6, 6.07) is 12.4. The van der Waals surface area contributed by atoms with Gasteiger partial charge >= 0.3 is 5.97 Å². The second-order valence-electron chi connectivity index (χ2n) is 5.55. The van der Waals surface area contributed by atoms with E-state index in [4.69, 9.17) is 5.11 Å². The molecule has 0 bridgehead atoms. The summed E-state index contributed by atoms with van der Waals surface area (Å²) >= 11 is 3.35. The molecule has 0 spiro atoms. The third-order valence-corrected chi connectivity index (χ3v) is 3.81. The summed E-state index contributed by atoms with van der Waals surface area (Å²) < 4.78 is 0.897. The van der Waals surface area contributed by atoms with E-state index < -0.39 is 5.97 Å². The van der Waals surface area contributed by atoms with Crippen LogP contribution in [0.1, 0.15) is 35.3 Å². The van der Waals surface area contributed by atoms with Gasteiger partial charge in [-0.1, -0.05) is 28.1 Å². The summed E-state index contributed by atoms with van der Waals surface area (Å²) in [6.07, 6.45) is -0.128. The standard InChI is InChI=1S/C18H18BrNO3/c1-11(2)20-17-13(10-16(21)22)4-3-5-15(17)18(23)12-6-8-14(19)9-7-12/h3-9,11,20H,10H2,1-2H3,(H,21,22). The van der Waals surface area contributed by atoms with E-state index in [1.807, 2.05) is 26.0 Å². The van der Waals surface area contributed by atoms with Crippen LogP contribution in [0.25, 0.3) is 0 Å². The summed E-state index contributed by atoms with van der Waals surface area (Å²) in [5.74, 6) is -1.06. The van der Waals surface area contributed by atoms with Crippen molar-refractivity contribution >= 4 is 33.4 Å². The Morgan fingerprint density at radius 2 is 1.78 bits per heavy atom. The van der Waals surface area contributed by atoms with Crippen LogP contribution in [-0.2, 0) is 11.2 Å². The number of nitrogens with one attached hydrogen (secondary N) is 1. The van der Waals surface area contributed by atoms with E-state index in [1.54, 1.807) is 30.3 Å². The van der Waals surface area contributed by atoms with Crippen molar-refractivity contribution in [3.8, 4) is 0 Å². The second kappa shape index (κ2) is 7.42. The molecule has 5 heteroatoms. The molecule has 0 aliphatic heterocycles. The minimum Gasteiger partial charge on any atom is -0.481 e. The van der Waals surface area contributed by atoms with Crippen molar-refractivity contribution in [2.75, 3.05) is 5.32 Å². The fourth-order valence-electron chi connectivity index (χ4n) is 2.32. The molecule has 0 aliphatic rings. The van der Waals surface area contributed by atoms with Crippen molar-refractivity contribution in [1.29, 1.82) is 0 Å². The minimum atomic E-state index is -0.926. The number of carbonyl (C=O) groups is 2. The van der Waals surface area contributed by atoms with Crippen LogP contribution < -0.4 is 5.32 Å². The van der Waals surface area contributed by atoms with Crippen LogP contribution in [0.2, 0.25) is 0 Å². The number of ketones is 1. The molecule has 0 radical (unpaired) electrons. The molecule has 2 N–H and O–H groups in total. The Labute approximate surface area is 143 Å². The van der Waals surface area contributed by atoms with Crippen molar-refractivity contribution in [3.63, 3.8) is 0 Å². The number of hydrogen-bond acceptors (Lipinski definition) is 3. The van der Waals surface area contributed by atoms with Crippen molar-refractivity contribution in [1.82, 2.24) is 0 Å². The highest BCUT2D eigenvalue weighted by atomic mass is 79.9. The molecule has 2 aromatic rings. The highest BCUT2D eigenvalue weighted by Gasteiger charge is 2.18. The Bertz CT molecular complexity index is 724. The van der Waals surface area contributed by atoms with Gasteiger partial charge in [0.2, 0.25) is 0 Å². The molecular weight excluding hydrogens is 358 g/mol. The number of benzene rings is 2. The zero-order chi connectivity index (χ0) is 17.0. The predicted molar refractivity (Wildman–Crippen MR) is 94.1 cm³/mol. The minimum absolute atomic E-state index is 0.0846. The fourth-order valence-corrected chi connectivity index (χ4v) is 2.58. The van der Waals surface area contributed by atoms with Gasteiger partial charge < -0.3 is 10.4 Å². The molecule has 0 aliphatic carbocycles. The third-order valence-electron chi connectivity index (χ3n) is 3.28. The normalized spacial score (nSPS) is 10.6. The number of para-hydroxylation sites is 1. The fraction of sp³-hybridized carbons (Fsp3) is 0.222. The molecule has 0 atom stereocenters. The zero-order valence-corrected chi connectivity index (χ0v) is 14.6. The van der Waals surface area contributed by atoms with Crippen LogP contribution >= 0.6 is 15.9 Å². The summed E-state index contributed by atoms with van der Waals surface area (Å²) in [5, 5.41) is 12.3. The lowest BCUT2D eigenvalue weighted by Crippen LogP contribution is -2.17. The molecule has 2 aromatic carbocycles. The summed E-state index contributed by atoms with van der Waals surface area (Å²) in [6.45, 7) is 3.90. The molecule has 0 saturated carbocycles. The number of anilines is 1. The number of hydrogen-bond donors (Lipinski definition) is 2. The van der Waals surface area contributed by atoms with Gasteiger partial charge in [-0.2, -0.15) is 0 Å². The largest absolute Gasteiger partial charge is 0.481 e. The highest BCUT2D eigenvalue weighted by molar-refractivity contribution is 9.10. The topological polar surface area (TPSA) is 66.4 Å². The van der Waals surface area contributed by atoms with E-state index in [0.29, 0.717) is 22.4 Å². The molecule has 0 amide bonds. The maximum absolute atomic E-state index is 12.8. The maximum Gasteiger partial charge on any atom is 0.307 e. The van der Waals surface area contributed by atoms with Gasteiger partial charge in [0.15, 0.2) is 5.78 Å². The predicted octanol–water partition coefficient (Wildman–Crippen LogP) is 4.13. The Hall–Kier alpha value is -2.14. The molecule has 120 valence electrons. The van der Waals surface area contributed by atoms with Crippen molar-refractivity contribution in [2.45, 2.75) is 26.3 Å². The first-order valence-corrected chi connectivity index (χ1v) is 8.08. The Morgan fingerprint density at radius 1 is 1.13 bits per heavy atom. The second-order valence-corrected chi connectivity index (χ2v) is 6.46. The van der Waals surface area contributed by atoms with Gasteiger partial charge in [-0.3, -0.25) is 9.59 Å². The van der Waals surface area contributed by atoms with Crippen molar-refractivity contribution in [2.24, 2.45) is 0 Å². The maximum atomic E-state index is 12.8. The monoisotopic (exact) mass is 375 g/mol. The first-order chi connectivity index (χ1) is 10.9. The molecule has 0 heterocycles. The van der Waals surface area contributed by atoms with Gasteiger partial charge in [0.25, 0.3) is 0 Å². The van der Waals surface area contributed by atoms with Gasteiger partial charge in [0.05, 0.1) is 6.42 Å². The number of carboxylic acids is 1. The summed E-state index contributed by atoms with van der Waals surface area (Å²) in [7, 11) is 0. The number of carbonyl (C=O) groups excluding carboxylic acids is 1. The van der Waals surface area contributed by atoms with Gasteiger partial charge in [-0.05, 0) is 49.7 Å². The van der Waals surface area contributed by atoms with Gasteiger partial charge in [-0.25, -0.2) is 0 Å². The first-order valence-electron chi connectivity index (χ1n) is 7.29. The smallest absolute Gasteiger partial charge is 0.307 e. The van der Waals surface area contributed by atoms with Crippen LogP contribution in [0.3, 0.4) is 0 Å². The van der Waals surface area contributed by atoms with Gasteiger partial charge in [0.1, 0.15) is 0 Å².